The number of carbonyl (C=O) groups is 1. The summed E-state index contributed by atoms with van der Waals surface area (Å²) >= 11 is 0. The van der Waals surface area contributed by atoms with Gasteiger partial charge in [-0.25, -0.2) is 14.4 Å². The van der Waals surface area contributed by atoms with Crippen LogP contribution in [0.2, 0.25) is 0 Å². The zero-order chi connectivity index (χ0) is 23.3. The van der Waals surface area contributed by atoms with Gasteiger partial charge in [-0.15, -0.1) is 0 Å². The van der Waals surface area contributed by atoms with E-state index in [9.17, 15) is 14.3 Å². The number of nitrogens with one attached hydrogen (secondary N) is 1. The zero-order valence-corrected chi connectivity index (χ0v) is 17.9. The van der Waals surface area contributed by atoms with Crippen molar-refractivity contribution in [3.63, 3.8) is 0 Å². The van der Waals surface area contributed by atoms with Crippen molar-refractivity contribution in [2.75, 3.05) is 0 Å². The number of aryl methyl sites for hydroxylation is 2. The molecule has 3 rings (SSSR count). The molecule has 1 aromatic heterocycles. The summed E-state index contributed by atoms with van der Waals surface area (Å²) in [6.45, 7) is 7.61. The van der Waals surface area contributed by atoms with E-state index >= 15 is 0 Å². The first kappa shape index (κ1) is 22.6. The average Bonchev–Trinajstić information content (AvgIpc) is 2.78. The van der Waals surface area contributed by atoms with Gasteiger partial charge in [-0.2, -0.15) is 0 Å². The largest absolute Gasteiger partial charge is 0.508 e. The number of nitrogens with zero attached hydrogens (tertiary/aromatic N) is 3. The van der Waals surface area contributed by atoms with Crippen LogP contribution in [-0.2, 0) is 13.1 Å². The highest BCUT2D eigenvalue weighted by atomic mass is 19.1. The lowest BCUT2D eigenvalue weighted by Gasteiger charge is -2.08. The molecule has 0 aliphatic rings. The quantitative estimate of drug-likeness (QED) is 0.299. The number of amides is 1. The van der Waals surface area contributed by atoms with Crippen LogP contribution in [0, 0.1) is 19.7 Å². The van der Waals surface area contributed by atoms with Crippen molar-refractivity contribution < 1.29 is 14.3 Å². The number of hydrogen-bond acceptors (Lipinski definition) is 5. The molecular formula is C24H24FN5O2. The first-order valence-corrected chi connectivity index (χ1v) is 9.88. The van der Waals surface area contributed by atoms with Gasteiger partial charge in [-0.05, 0) is 48.2 Å². The molecule has 0 spiro atoms. The molecule has 164 valence electrons. The minimum Gasteiger partial charge on any atom is -0.508 e. The van der Waals surface area contributed by atoms with Crippen LogP contribution >= 0.6 is 0 Å². The molecule has 7 nitrogen and oxygen atoms in total. The normalized spacial score (nSPS) is 11.3. The standard InChI is InChI=1S/C24H24FN5O2/c1-14-8-17(4-6-19(14)16(3)31)11-27-23(26)21-10-22(30-13-29-21)24(32)28-12-18-5-7-20(25)15(2)9-18/h4-10,13,31H,3,11-12H2,1-2H3,(H2,26,27)(H,28,32). The van der Waals surface area contributed by atoms with E-state index in [0.29, 0.717) is 23.4 Å². The number of carbonyl (C=O) groups excluding carboxylic acids is 1. The summed E-state index contributed by atoms with van der Waals surface area (Å²) < 4.78 is 13.4. The minimum absolute atomic E-state index is 0.0124. The zero-order valence-electron chi connectivity index (χ0n) is 17.9. The van der Waals surface area contributed by atoms with Gasteiger partial charge in [0.1, 0.15) is 35.1 Å². The minimum atomic E-state index is -0.404. The number of aromatic nitrogens is 2. The Morgan fingerprint density at radius 1 is 1.09 bits per heavy atom. The topological polar surface area (TPSA) is 113 Å². The summed E-state index contributed by atoms with van der Waals surface area (Å²) in [6.07, 6.45) is 1.25. The number of benzene rings is 2. The second kappa shape index (κ2) is 9.82. The fraction of sp³-hybridized carbons (Fsp3) is 0.167. The van der Waals surface area contributed by atoms with Crippen LogP contribution in [0.15, 0.2) is 60.4 Å². The molecule has 32 heavy (non-hydrogen) atoms. The van der Waals surface area contributed by atoms with E-state index in [-0.39, 0.29) is 29.7 Å². The Labute approximate surface area is 185 Å². The number of hydrogen-bond donors (Lipinski definition) is 3. The molecule has 2 aromatic carbocycles. The summed E-state index contributed by atoms with van der Waals surface area (Å²) in [5.41, 5.74) is 10.3. The lowest BCUT2D eigenvalue weighted by molar-refractivity contribution is 0.0945. The molecule has 0 atom stereocenters. The molecule has 0 radical (unpaired) electrons. The van der Waals surface area contributed by atoms with Crippen molar-refractivity contribution in [1.82, 2.24) is 15.3 Å². The van der Waals surface area contributed by atoms with Crippen molar-refractivity contribution in [3.8, 4) is 0 Å². The number of halogens is 1. The van der Waals surface area contributed by atoms with Gasteiger partial charge in [0.2, 0.25) is 0 Å². The highest BCUT2D eigenvalue weighted by Crippen LogP contribution is 2.17. The van der Waals surface area contributed by atoms with Gasteiger partial charge >= 0.3 is 0 Å². The van der Waals surface area contributed by atoms with Crippen LogP contribution in [0.4, 0.5) is 4.39 Å². The number of aliphatic hydroxyl groups is 1. The predicted molar refractivity (Wildman–Crippen MR) is 122 cm³/mol. The van der Waals surface area contributed by atoms with Crippen molar-refractivity contribution >= 4 is 17.5 Å². The maximum Gasteiger partial charge on any atom is 0.270 e. The van der Waals surface area contributed by atoms with Crippen molar-refractivity contribution in [2.24, 2.45) is 10.7 Å². The van der Waals surface area contributed by atoms with E-state index < -0.39 is 5.91 Å². The monoisotopic (exact) mass is 433 g/mol. The van der Waals surface area contributed by atoms with Crippen LogP contribution in [0.25, 0.3) is 5.76 Å². The summed E-state index contributed by atoms with van der Waals surface area (Å²) in [5, 5.41) is 12.3. The molecule has 1 amide bonds. The highest BCUT2D eigenvalue weighted by Gasteiger charge is 2.11. The molecule has 0 unspecified atom stereocenters. The molecule has 8 heteroatoms. The molecule has 0 saturated carbocycles. The first-order chi connectivity index (χ1) is 15.2. The Kier molecular flexibility index (Phi) is 6.94. The Morgan fingerprint density at radius 3 is 2.47 bits per heavy atom. The molecule has 0 saturated heterocycles. The Bertz CT molecular complexity index is 1210. The van der Waals surface area contributed by atoms with Crippen molar-refractivity contribution in [1.29, 1.82) is 0 Å². The van der Waals surface area contributed by atoms with Crippen LogP contribution in [0.5, 0.6) is 0 Å². The molecule has 0 aliphatic carbocycles. The summed E-state index contributed by atoms with van der Waals surface area (Å²) in [4.78, 5) is 24.9. The first-order valence-electron chi connectivity index (χ1n) is 9.88. The van der Waals surface area contributed by atoms with E-state index in [1.807, 2.05) is 19.1 Å². The molecular weight excluding hydrogens is 409 g/mol. The fourth-order valence-corrected chi connectivity index (χ4v) is 3.12. The smallest absolute Gasteiger partial charge is 0.270 e. The molecule has 3 aromatic rings. The van der Waals surface area contributed by atoms with E-state index in [1.54, 1.807) is 25.1 Å². The number of amidine groups is 1. The van der Waals surface area contributed by atoms with Gasteiger partial charge in [0.05, 0.1) is 6.54 Å². The van der Waals surface area contributed by atoms with E-state index in [0.717, 1.165) is 16.7 Å². The van der Waals surface area contributed by atoms with Gasteiger partial charge in [-0.3, -0.25) is 9.79 Å². The molecule has 0 aliphatic heterocycles. The van der Waals surface area contributed by atoms with Crippen LogP contribution in [-0.4, -0.2) is 26.8 Å². The van der Waals surface area contributed by atoms with Gasteiger partial charge in [-0.1, -0.05) is 36.9 Å². The Morgan fingerprint density at radius 2 is 1.78 bits per heavy atom. The SMILES string of the molecule is C=C(O)c1ccc(CN=C(N)c2cc(C(=O)NCc3ccc(F)c(C)c3)ncn2)cc1C. The Balaban J connectivity index is 1.67. The lowest BCUT2D eigenvalue weighted by Crippen LogP contribution is -2.25. The number of aliphatic imine (C=N–C) groups is 1. The van der Waals surface area contributed by atoms with Crippen LogP contribution < -0.4 is 11.1 Å². The second-order valence-corrected chi connectivity index (χ2v) is 7.35. The Hall–Kier alpha value is -4.07. The molecule has 0 fully saturated rings. The summed E-state index contributed by atoms with van der Waals surface area (Å²) in [6, 6.07) is 11.6. The maximum absolute atomic E-state index is 13.4. The third-order valence-corrected chi connectivity index (χ3v) is 4.87. The third kappa shape index (κ3) is 5.54. The van der Waals surface area contributed by atoms with Gasteiger partial charge in [0.15, 0.2) is 0 Å². The van der Waals surface area contributed by atoms with Crippen LogP contribution in [0.1, 0.15) is 44.0 Å². The van der Waals surface area contributed by atoms with Gasteiger partial charge in [0.25, 0.3) is 5.91 Å². The molecule has 4 N–H and O–H groups in total. The fourth-order valence-electron chi connectivity index (χ4n) is 3.12. The van der Waals surface area contributed by atoms with E-state index in [2.05, 4.69) is 26.9 Å². The number of aliphatic hydroxyl groups excluding tert-OH is 1. The lowest BCUT2D eigenvalue weighted by atomic mass is 10.0. The summed E-state index contributed by atoms with van der Waals surface area (Å²) in [5.74, 6) is -0.513. The average molecular weight is 433 g/mol. The predicted octanol–water partition coefficient (Wildman–Crippen LogP) is 3.60. The van der Waals surface area contributed by atoms with Crippen molar-refractivity contribution in [3.05, 3.63) is 100 Å². The summed E-state index contributed by atoms with van der Waals surface area (Å²) in [7, 11) is 0. The van der Waals surface area contributed by atoms with Gasteiger partial charge < -0.3 is 16.2 Å². The van der Waals surface area contributed by atoms with E-state index in [1.165, 1.54) is 18.5 Å². The maximum atomic E-state index is 13.4. The van der Waals surface area contributed by atoms with Crippen LogP contribution in [0.3, 0.4) is 0 Å². The molecule has 1 heterocycles. The van der Waals surface area contributed by atoms with E-state index in [4.69, 9.17) is 5.73 Å². The third-order valence-electron chi connectivity index (χ3n) is 4.87. The van der Waals surface area contributed by atoms with Crippen molar-refractivity contribution in [2.45, 2.75) is 26.9 Å². The van der Waals surface area contributed by atoms with Gasteiger partial charge in [0, 0.05) is 12.1 Å². The second-order valence-electron chi connectivity index (χ2n) is 7.35. The number of nitrogens with two attached hydrogens (primary N) is 1. The highest BCUT2D eigenvalue weighted by molar-refractivity contribution is 5.99. The molecule has 0 bridgehead atoms. The number of rotatable bonds is 7.